The van der Waals surface area contributed by atoms with E-state index in [9.17, 15) is 26.4 Å². The molecule has 0 bridgehead atoms. The van der Waals surface area contributed by atoms with Crippen molar-refractivity contribution in [3.05, 3.63) is 46.8 Å². The van der Waals surface area contributed by atoms with E-state index >= 15 is 0 Å². The van der Waals surface area contributed by atoms with Crippen LogP contribution in [0.4, 0.5) is 18.9 Å². The molecule has 170 valence electrons. The zero-order valence-corrected chi connectivity index (χ0v) is 17.9. The van der Waals surface area contributed by atoms with Crippen LogP contribution in [0, 0.1) is 11.2 Å². The van der Waals surface area contributed by atoms with Gasteiger partial charge < -0.3 is 14.5 Å². The summed E-state index contributed by atoms with van der Waals surface area (Å²) >= 11 is 0. The Morgan fingerprint density at radius 3 is 2.47 bits per heavy atom. The predicted molar refractivity (Wildman–Crippen MR) is 115 cm³/mol. The molecule has 1 aromatic carbocycles. The first-order valence-electron chi connectivity index (χ1n) is 11.5. The second-order valence-electron chi connectivity index (χ2n) is 8.70. The van der Waals surface area contributed by atoms with E-state index < -0.39 is 44.4 Å². The number of nitrogens with zero attached hydrogens (tertiary/aromatic N) is 2. The average Bonchev–Trinajstić information content (AvgIpc) is 3.08. The van der Waals surface area contributed by atoms with Crippen LogP contribution in [0.3, 0.4) is 0 Å². The molecule has 2 aromatic heterocycles. The topological polar surface area (TPSA) is 75.2 Å². The van der Waals surface area contributed by atoms with Crippen LogP contribution in [0.2, 0.25) is 0 Å². The van der Waals surface area contributed by atoms with E-state index in [1.165, 1.54) is 6.20 Å². The molecule has 1 spiro atoms. The number of aromatic amines is 1. The summed E-state index contributed by atoms with van der Waals surface area (Å²) in [5.74, 6) is -3.72. The minimum Gasteiger partial charge on any atom is -0.371 e. The van der Waals surface area contributed by atoms with Gasteiger partial charge in [0.15, 0.2) is 9.84 Å². The molecule has 1 aliphatic heterocycles. The fourth-order valence-electron chi connectivity index (χ4n) is 4.77. The Bertz CT molecular complexity index is 1520. The Morgan fingerprint density at radius 2 is 1.88 bits per heavy atom. The van der Waals surface area contributed by atoms with E-state index in [0.717, 1.165) is 24.6 Å². The molecule has 1 N–H and O–H groups in total. The molecular formula is C22H22F3N3O3S. The molecule has 1 saturated carbocycles. The number of halogens is 3. The highest BCUT2D eigenvalue weighted by atomic mass is 32.2. The third-order valence-corrected chi connectivity index (χ3v) is 7.85. The van der Waals surface area contributed by atoms with Crippen LogP contribution < -0.4 is 10.5 Å². The van der Waals surface area contributed by atoms with Gasteiger partial charge in [-0.05, 0) is 31.0 Å². The summed E-state index contributed by atoms with van der Waals surface area (Å²) in [4.78, 5) is 16.6. The van der Waals surface area contributed by atoms with Crippen LogP contribution in [-0.4, -0.2) is 43.2 Å². The van der Waals surface area contributed by atoms with Gasteiger partial charge in [-0.15, -0.1) is 0 Å². The third-order valence-electron chi connectivity index (χ3n) is 6.74. The number of fused-ring (bicyclic) bond motifs is 1. The summed E-state index contributed by atoms with van der Waals surface area (Å²) in [7, 11) is -4.00. The Balaban J connectivity index is 1.73. The second kappa shape index (κ2) is 6.63. The van der Waals surface area contributed by atoms with E-state index in [1.54, 1.807) is 11.0 Å². The lowest BCUT2D eigenvalue weighted by Crippen LogP contribution is -2.37. The molecule has 2 aliphatic rings. The van der Waals surface area contributed by atoms with E-state index in [1.807, 2.05) is 0 Å². The lowest BCUT2D eigenvalue weighted by molar-refractivity contribution is 0.0537. The molecule has 5 rings (SSSR count). The number of H-pyrrole nitrogens is 1. The van der Waals surface area contributed by atoms with Crippen molar-refractivity contribution in [2.45, 2.75) is 30.1 Å². The number of piperidine rings is 1. The van der Waals surface area contributed by atoms with Gasteiger partial charge in [-0.1, -0.05) is 0 Å². The van der Waals surface area contributed by atoms with Crippen LogP contribution >= 0.6 is 0 Å². The van der Waals surface area contributed by atoms with Gasteiger partial charge in [0.25, 0.3) is 11.5 Å². The number of aromatic nitrogens is 2. The van der Waals surface area contributed by atoms with Crippen molar-refractivity contribution in [3.63, 3.8) is 0 Å². The Kier molecular flexibility index (Phi) is 3.68. The minimum absolute atomic E-state index is 0.00924. The fraction of sp³-hybridized carbons (Fsp3) is 0.409. The Morgan fingerprint density at radius 1 is 1.19 bits per heavy atom. The zero-order chi connectivity index (χ0) is 25.6. The predicted octanol–water partition coefficient (Wildman–Crippen LogP) is 3.70. The fourth-order valence-corrected chi connectivity index (χ4v) is 5.51. The summed E-state index contributed by atoms with van der Waals surface area (Å²) in [5.41, 5.74) is -1.23. The molecule has 6 nitrogen and oxygen atoms in total. The van der Waals surface area contributed by atoms with Crippen molar-refractivity contribution in [1.82, 2.24) is 9.55 Å². The number of benzene rings is 1. The van der Waals surface area contributed by atoms with Crippen molar-refractivity contribution in [3.8, 4) is 11.1 Å². The lowest BCUT2D eigenvalue weighted by atomic mass is 9.91. The number of hydrogen-bond acceptors (Lipinski definition) is 4. The normalized spacial score (nSPS) is 21.4. The number of pyridine rings is 1. The van der Waals surface area contributed by atoms with Crippen molar-refractivity contribution < 1.29 is 25.7 Å². The maximum absolute atomic E-state index is 15.0. The monoisotopic (exact) mass is 468 g/mol. The van der Waals surface area contributed by atoms with Gasteiger partial charge in [-0.2, -0.15) is 0 Å². The van der Waals surface area contributed by atoms with E-state index in [-0.39, 0.29) is 54.7 Å². The number of hydrogen-bond donors (Lipinski definition) is 1. The molecule has 0 amide bonds. The van der Waals surface area contributed by atoms with Crippen LogP contribution in [0.25, 0.3) is 22.0 Å². The highest BCUT2D eigenvalue weighted by Crippen LogP contribution is 2.66. The number of alkyl halides is 2. The van der Waals surface area contributed by atoms with Crippen molar-refractivity contribution in [1.29, 1.82) is 0 Å². The summed E-state index contributed by atoms with van der Waals surface area (Å²) in [6.07, 6.45) is 3.58. The molecule has 32 heavy (non-hydrogen) atoms. The number of aryl methyl sites for hydroxylation is 1. The van der Waals surface area contributed by atoms with Gasteiger partial charge in [0.1, 0.15) is 16.2 Å². The largest absolute Gasteiger partial charge is 0.371 e. The molecule has 0 radical (unpaired) electrons. The Labute approximate surface area is 186 Å². The SMILES string of the molecule is [2H]C([2H])([2H])n1cc(-c2cc(S(C)(=O)=O)c(F)cc2N2CCC3(CC2)CC3(F)F)c2cc[nH]c2c1=O. The third kappa shape index (κ3) is 3.07. The van der Waals surface area contributed by atoms with Gasteiger partial charge in [0.2, 0.25) is 0 Å². The summed E-state index contributed by atoms with van der Waals surface area (Å²) < 4.78 is 91.2. The van der Waals surface area contributed by atoms with Crippen LogP contribution in [0.15, 0.2) is 40.3 Å². The Hall–Kier alpha value is -2.75. The summed E-state index contributed by atoms with van der Waals surface area (Å²) in [5, 5.41) is 0.324. The highest BCUT2D eigenvalue weighted by Gasteiger charge is 2.70. The highest BCUT2D eigenvalue weighted by molar-refractivity contribution is 7.90. The molecule has 3 aromatic rings. The van der Waals surface area contributed by atoms with E-state index in [0.29, 0.717) is 9.95 Å². The average molecular weight is 469 g/mol. The van der Waals surface area contributed by atoms with Gasteiger partial charge in [0.05, 0.1) is 0 Å². The molecular weight excluding hydrogens is 443 g/mol. The van der Waals surface area contributed by atoms with Crippen molar-refractivity contribution >= 4 is 26.4 Å². The molecule has 3 heterocycles. The van der Waals surface area contributed by atoms with Gasteiger partial charge in [0, 0.05) is 76.9 Å². The molecule has 10 heteroatoms. The van der Waals surface area contributed by atoms with Gasteiger partial charge in [-0.25, -0.2) is 21.6 Å². The van der Waals surface area contributed by atoms with E-state index in [2.05, 4.69) is 4.98 Å². The van der Waals surface area contributed by atoms with Gasteiger partial charge in [-0.3, -0.25) is 4.79 Å². The molecule has 1 aliphatic carbocycles. The van der Waals surface area contributed by atoms with Crippen molar-refractivity contribution in [2.24, 2.45) is 12.4 Å². The lowest BCUT2D eigenvalue weighted by Gasteiger charge is -2.35. The second-order valence-corrected chi connectivity index (χ2v) is 10.7. The van der Waals surface area contributed by atoms with Crippen LogP contribution in [0.5, 0.6) is 0 Å². The smallest absolute Gasteiger partial charge is 0.274 e. The quantitative estimate of drug-likeness (QED) is 0.636. The number of nitrogens with one attached hydrogen (secondary N) is 1. The molecule has 0 atom stereocenters. The van der Waals surface area contributed by atoms with E-state index in [4.69, 9.17) is 4.11 Å². The van der Waals surface area contributed by atoms with Gasteiger partial charge >= 0.3 is 0 Å². The standard InChI is InChI=1S/C22H22F3N3O3S/c1-27-11-15(13-3-6-26-19(13)20(27)29)14-9-18(32(2,30)31)16(23)10-17(14)28-7-4-21(5-8-28)12-22(21,24)25/h3,6,9-11,26H,4-5,7-8,12H2,1-2H3/i1D3. The summed E-state index contributed by atoms with van der Waals surface area (Å²) in [6, 6.07) is 3.70. The maximum atomic E-state index is 15.0. The zero-order valence-electron chi connectivity index (χ0n) is 20.1. The van der Waals surface area contributed by atoms with Crippen molar-refractivity contribution in [2.75, 3.05) is 24.2 Å². The first-order valence-corrected chi connectivity index (χ1v) is 11.9. The summed E-state index contributed by atoms with van der Waals surface area (Å²) in [6.45, 7) is -2.45. The first kappa shape index (κ1) is 17.8. The molecule has 0 unspecified atom stereocenters. The number of anilines is 1. The maximum Gasteiger partial charge on any atom is 0.274 e. The van der Waals surface area contributed by atoms with Crippen LogP contribution in [0.1, 0.15) is 23.4 Å². The molecule has 1 saturated heterocycles. The van der Waals surface area contributed by atoms with Crippen LogP contribution in [-0.2, 0) is 16.8 Å². The minimum atomic E-state index is -4.00. The first-order chi connectivity index (χ1) is 16.1. The number of sulfone groups is 1. The number of rotatable bonds is 3. The molecule has 2 fully saturated rings.